The fourth-order valence-corrected chi connectivity index (χ4v) is 6.63. The molecule has 0 aliphatic rings. The van der Waals surface area contributed by atoms with Crippen LogP contribution in [0.5, 0.6) is 17.2 Å². The second-order valence-electron chi connectivity index (χ2n) is 11.5. The molecule has 270 valence electrons. The van der Waals surface area contributed by atoms with E-state index in [0.717, 1.165) is 32.7 Å². The molecule has 0 saturated carbocycles. The minimum Gasteiger partial charge on any atom is -0.482 e. The maximum absolute atomic E-state index is 12.9. The van der Waals surface area contributed by atoms with Gasteiger partial charge in [0.25, 0.3) is 0 Å². The van der Waals surface area contributed by atoms with Crippen LogP contribution in [-0.2, 0) is 4.79 Å². The van der Waals surface area contributed by atoms with Gasteiger partial charge in [-0.05, 0) is 100 Å². The summed E-state index contributed by atoms with van der Waals surface area (Å²) in [6, 6.07) is 31.9. The van der Waals surface area contributed by atoms with Crippen molar-refractivity contribution in [3.8, 4) is 39.5 Å². The van der Waals surface area contributed by atoms with Crippen molar-refractivity contribution in [1.82, 2.24) is 0 Å². The zero-order chi connectivity index (χ0) is 37.5. The third-order valence-electron chi connectivity index (χ3n) is 7.84. The van der Waals surface area contributed by atoms with Crippen LogP contribution in [0.4, 0.5) is 26.3 Å². The average Bonchev–Trinajstić information content (AvgIpc) is 3.08. The minimum absolute atomic E-state index is 0.327. The maximum Gasteiger partial charge on any atom is 0.573 e. The summed E-state index contributed by atoms with van der Waals surface area (Å²) in [5.74, 6) is -0.667. The third-order valence-corrected chi connectivity index (χ3v) is 8.92. The molecule has 0 unspecified atom stereocenters. The summed E-state index contributed by atoms with van der Waals surface area (Å²) in [6.45, 7) is 3.42. The first-order chi connectivity index (χ1) is 24.7. The van der Waals surface area contributed by atoms with E-state index in [0.29, 0.717) is 40.2 Å². The van der Waals surface area contributed by atoms with Crippen LogP contribution in [0.25, 0.3) is 27.8 Å². The predicted molar refractivity (Wildman–Crippen MR) is 188 cm³/mol. The molecule has 0 bridgehead atoms. The Morgan fingerprint density at radius 3 is 1.60 bits per heavy atom. The molecule has 0 aliphatic carbocycles. The van der Waals surface area contributed by atoms with Gasteiger partial charge in [-0.3, -0.25) is 0 Å². The molecule has 0 saturated heterocycles. The van der Waals surface area contributed by atoms with Gasteiger partial charge in [0.15, 0.2) is 6.61 Å². The van der Waals surface area contributed by atoms with Crippen LogP contribution in [-0.4, -0.2) is 36.2 Å². The van der Waals surface area contributed by atoms with Gasteiger partial charge >= 0.3 is 18.7 Å². The Morgan fingerprint density at radius 1 is 0.673 bits per heavy atom. The quantitative estimate of drug-likeness (QED) is 0.0958. The van der Waals surface area contributed by atoms with E-state index in [4.69, 9.17) is 9.84 Å². The second kappa shape index (κ2) is 16.3. The summed E-state index contributed by atoms with van der Waals surface area (Å²) >= 11 is 1.59. The summed E-state index contributed by atoms with van der Waals surface area (Å²) < 4.78 is 90.7. The first kappa shape index (κ1) is 37.9. The maximum atomic E-state index is 12.9. The molecule has 5 aromatic rings. The van der Waals surface area contributed by atoms with Crippen molar-refractivity contribution in [2.75, 3.05) is 12.4 Å². The Balaban J connectivity index is 1.49. The normalized spacial score (nSPS) is 11.5. The van der Waals surface area contributed by atoms with Crippen molar-refractivity contribution in [2.45, 2.75) is 37.9 Å². The Bertz CT molecular complexity index is 1930. The minimum atomic E-state index is -4.82. The summed E-state index contributed by atoms with van der Waals surface area (Å²) in [5.41, 5.74) is 6.94. The number of aliphatic carboxylic acids is 1. The lowest BCUT2D eigenvalue weighted by atomic mass is 9.90. The number of ether oxygens (including phenoxy) is 3. The summed E-state index contributed by atoms with van der Waals surface area (Å²) in [5, 5.41) is 8.96. The molecule has 5 rings (SSSR count). The van der Waals surface area contributed by atoms with Crippen molar-refractivity contribution in [2.24, 2.45) is 0 Å². The van der Waals surface area contributed by atoms with E-state index in [1.54, 1.807) is 30.0 Å². The summed E-state index contributed by atoms with van der Waals surface area (Å²) in [6.07, 6.45) is -8.97. The van der Waals surface area contributed by atoms with E-state index in [9.17, 15) is 31.1 Å². The number of halogens is 6. The van der Waals surface area contributed by atoms with Crippen molar-refractivity contribution in [3.63, 3.8) is 0 Å². The molecule has 5 aromatic carbocycles. The highest BCUT2D eigenvalue weighted by molar-refractivity contribution is 7.99. The molecule has 0 spiro atoms. The molecule has 0 radical (unpaired) electrons. The molecule has 0 atom stereocenters. The molecule has 0 aliphatic heterocycles. The predicted octanol–water partition coefficient (Wildman–Crippen LogP) is 11.6. The standard InChI is InChI=1S/C40H32F6O5S/c1-3-26(24-52-35-18-19-36(25(2)20-35)49-23-37(47)48)38(29-14-10-27(11-15-29)31-6-4-8-33(21-31)50-39(41,42)43)30-16-12-28(13-17-30)32-7-5-9-34(22-32)51-40(44,45)46/h4-22H,3,23-24H2,1-2H3,(H,47,48). The SMILES string of the molecule is CCC(CSc1ccc(OCC(=O)O)c(C)c1)=C(c1ccc(-c2cccc(OC(F)(F)F)c2)cc1)c1ccc(-c2cccc(OC(F)(F)F)c2)cc1. The lowest BCUT2D eigenvalue weighted by molar-refractivity contribution is -0.275. The van der Waals surface area contributed by atoms with Crippen LogP contribution in [0.1, 0.15) is 30.0 Å². The number of aryl methyl sites for hydroxylation is 1. The molecular weight excluding hydrogens is 706 g/mol. The number of thioether (sulfide) groups is 1. The van der Waals surface area contributed by atoms with E-state index < -0.39 is 25.3 Å². The lowest BCUT2D eigenvalue weighted by Crippen LogP contribution is -2.17. The molecule has 1 N–H and O–H groups in total. The van der Waals surface area contributed by atoms with E-state index >= 15 is 0 Å². The van der Waals surface area contributed by atoms with E-state index in [2.05, 4.69) is 9.47 Å². The topological polar surface area (TPSA) is 65.0 Å². The van der Waals surface area contributed by atoms with Gasteiger partial charge in [-0.25, -0.2) is 4.79 Å². The van der Waals surface area contributed by atoms with Gasteiger partial charge in [-0.15, -0.1) is 38.1 Å². The van der Waals surface area contributed by atoms with Crippen LogP contribution >= 0.6 is 11.8 Å². The Kier molecular flexibility index (Phi) is 11.9. The highest BCUT2D eigenvalue weighted by Gasteiger charge is 2.32. The summed E-state index contributed by atoms with van der Waals surface area (Å²) in [7, 11) is 0. The van der Waals surface area contributed by atoms with Gasteiger partial charge in [-0.1, -0.05) is 85.3 Å². The second-order valence-corrected chi connectivity index (χ2v) is 12.6. The molecular formula is C40H32F6O5S. The number of benzene rings is 5. The van der Waals surface area contributed by atoms with Gasteiger partial charge in [0.2, 0.25) is 0 Å². The summed E-state index contributed by atoms with van der Waals surface area (Å²) in [4.78, 5) is 11.9. The number of hydrogen-bond acceptors (Lipinski definition) is 5. The van der Waals surface area contributed by atoms with E-state index in [1.165, 1.54) is 36.4 Å². The molecule has 52 heavy (non-hydrogen) atoms. The first-order valence-corrected chi connectivity index (χ1v) is 16.9. The van der Waals surface area contributed by atoms with Crippen LogP contribution in [0.3, 0.4) is 0 Å². The number of carbonyl (C=O) groups is 1. The van der Waals surface area contributed by atoms with Crippen LogP contribution in [0.15, 0.2) is 126 Å². The average molecular weight is 739 g/mol. The van der Waals surface area contributed by atoms with Crippen molar-refractivity contribution in [1.29, 1.82) is 0 Å². The number of hydrogen-bond donors (Lipinski definition) is 1. The molecule has 0 heterocycles. The van der Waals surface area contributed by atoms with E-state index in [-0.39, 0.29) is 11.5 Å². The molecule has 0 amide bonds. The zero-order valence-corrected chi connectivity index (χ0v) is 28.7. The molecule has 5 nitrogen and oxygen atoms in total. The van der Waals surface area contributed by atoms with Crippen molar-refractivity contribution in [3.05, 3.63) is 138 Å². The Labute approximate surface area is 300 Å². The molecule has 12 heteroatoms. The van der Waals surface area contributed by atoms with E-state index in [1.807, 2.05) is 74.5 Å². The van der Waals surface area contributed by atoms with Gasteiger partial charge in [0.1, 0.15) is 17.2 Å². The van der Waals surface area contributed by atoms with Gasteiger partial charge in [0.05, 0.1) is 0 Å². The molecule has 0 aromatic heterocycles. The monoisotopic (exact) mass is 738 g/mol. The zero-order valence-electron chi connectivity index (χ0n) is 27.8. The fourth-order valence-electron chi connectivity index (χ4n) is 5.51. The van der Waals surface area contributed by atoms with Gasteiger partial charge in [0, 0.05) is 10.6 Å². The van der Waals surface area contributed by atoms with Crippen LogP contribution in [0.2, 0.25) is 0 Å². The van der Waals surface area contributed by atoms with Crippen LogP contribution < -0.4 is 14.2 Å². The van der Waals surface area contributed by atoms with Crippen LogP contribution in [0, 0.1) is 6.92 Å². The first-order valence-electron chi connectivity index (χ1n) is 15.9. The number of carboxylic acid groups (broad SMARTS) is 1. The van der Waals surface area contributed by atoms with Gasteiger partial charge in [-0.2, -0.15) is 0 Å². The van der Waals surface area contributed by atoms with Crippen molar-refractivity contribution < 1.29 is 50.5 Å². The largest absolute Gasteiger partial charge is 0.573 e. The Morgan fingerprint density at radius 2 is 1.17 bits per heavy atom. The number of alkyl halides is 6. The number of rotatable bonds is 13. The highest BCUT2D eigenvalue weighted by Crippen LogP contribution is 2.37. The Hall–Kier alpha value is -5.36. The van der Waals surface area contributed by atoms with Gasteiger partial charge < -0.3 is 19.3 Å². The fraction of sp³-hybridized carbons (Fsp3) is 0.175. The third kappa shape index (κ3) is 10.6. The highest BCUT2D eigenvalue weighted by atomic mass is 32.2. The smallest absolute Gasteiger partial charge is 0.482 e. The van der Waals surface area contributed by atoms with Crippen molar-refractivity contribution >= 4 is 23.3 Å². The lowest BCUT2D eigenvalue weighted by Gasteiger charge is -2.17. The molecule has 0 fully saturated rings. The number of carboxylic acids is 1.